The highest BCUT2D eigenvalue weighted by molar-refractivity contribution is 5.70. The van der Waals surface area contributed by atoms with Gasteiger partial charge in [-0.15, -0.1) is 5.10 Å². The Morgan fingerprint density at radius 2 is 1.68 bits per heavy atom. The van der Waals surface area contributed by atoms with E-state index in [9.17, 15) is 5.26 Å². The van der Waals surface area contributed by atoms with Crippen LogP contribution < -0.4 is 0 Å². The fourth-order valence-electron chi connectivity index (χ4n) is 2.69. The zero-order valence-corrected chi connectivity index (χ0v) is 12.8. The molecule has 0 fully saturated rings. The second-order valence-corrected chi connectivity index (χ2v) is 5.47. The molecule has 4 nitrogen and oxygen atoms in total. The lowest BCUT2D eigenvalue weighted by Crippen LogP contribution is -2.01. The Hall–Kier alpha value is -2.93. The third kappa shape index (κ3) is 2.38. The van der Waals surface area contributed by atoms with Crippen molar-refractivity contribution in [2.75, 3.05) is 0 Å². The summed E-state index contributed by atoms with van der Waals surface area (Å²) in [5, 5.41) is 17.6. The van der Waals surface area contributed by atoms with Gasteiger partial charge in [0.05, 0.1) is 5.69 Å². The number of rotatable bonds is 2. The Morgan fingerprint density at radius 1 is 1.00 bits per heavy atom. The monoisotopic (exact) mass is 288 g/mol. The number of hydrogen-bond donors (Lipinski definition) is 0. The molecule has 2 aromatic carbocycles. The normalized spacial score (nSPS) is 10.5. The second-order valence-electron chi connectivity index (χ2n) is 5.47. The van der Waals surface area contributed by atoms with Gasteiger partial charge in [0, 0.05) is 5.56 Å². The quantitative estimate of drug-likeness (QED) is 0.722. The number of nitriles is 1. The molecule has 108 valence electrons. The van der Waals surface area contributed by atoms with E-state index >= 15 is 0 Å². The fourth-order valence-corrected chi connectivity index (χ4v) is 2.69. The minimum Gasteiger partial charge on any atom is -0.211 e. The van der Waals surface area contributed by atoms with Crippen LogP contribution in [0, 0.1) is 32.1 Å². The average Bonchev–Trinajstić information content (AvgIpc) is 2.90. The van der Waals surface area contributed by atoms with Gasteiger partial charge in [0.2, 0.25) is 0 Å². The second kappa shape index (κ2) is 5.45. The van der Waals surface area contributed by atoms with Crippen LogP contribution in [0.2, 0.25) is 0 Å². The third-order valence-corrected chi connectivity index (χ3v) is 3.63. The molecule has 3 aromatic rings. The number of aryl methyl sites for hydroxylation is 3. The van der Waals surface area contributed by atoms with Gasteiger partial charge < -0.3 is 0 Å². The predicted molar refractivity (Wildman–Crippen MR) is 85.7 cm³/mol. The SMILES string of the molecule is Cc1cc(C)cc(-n2nnc(C#N)c2-c2ccccc2C)c1. The lowest BCUT2D eigenvalue weighted by molar-refractivity contribution is 0.805. The van der Waals surface area contributed by atoms with Crippen molar-refractivity contribution in [2.45, 2.75) is 20.8 Å². The summed E-state index contributed by atoms with van der Waals surface area (Å²) < 4.78 is 1.75. The summed E-state index contributed by atoms with van der Waals surface area (Å²) in [4.78, 5) is 0. The number of nitrogens with zero attached hydrogens (tertiary/aromatic N) is 4. The van der Waals surface area contributed by atoms with Gasteiger partial charge in [0.1, 0.15) is 11.8 Å². The van der Waals surface area contributed by atoms with E-state index in [-0.39, 0.29) is 0 Å². The van der Waals surface area contributed by atoms with Crippen LogP contribution in [-0.2, 0) is 0 Å². The summed E-state index contributed by atoms with van der Waals surface area (Å²) >= 11 is 0. The van der Waals surface area contributed by atoms with Crippen LogP contribution in [0.3, 0.4) is 0 Å². The Kier molecular flexibility index (Phi) is 3.48. The summed E-state index contributed by atoms with van der Waals surface area (Å²) in [6, 6.07) is 16.3. The zero-order valence-electron chi connectivity index (χ0n) is 12.8. The van der Waals surface area contributed by atoms with Gasteiger partial charge in [-0.3, -0.25) is 0 Å². The van der Waals surface area contributed by atoms with Gasteiger partial charge in [-0.1, -0.05) is 35.5 Å². The zero-order chi connectivity index (χ0) is 15.7. The Morgan fingerprint density at radius 3 is 2.32 bits per heavy atom. The van der Waals surface area contributed by atoms with Crippen LogP contribution >= 0.6 is 0 Å². The maximum Gasteiger partial charge on any atom is 0.191 e. The first-order chi connectivity index (χ1) is 10.6. The first kappa shape index (κ1) is 14.0. The molecular formula is C18H16N4. The largest absolute Gasteiger partial charge is 0.211 e. The Balaban J connectivity index is 2.29. The molecule has 0 amide bonds. The standard InChI is InChI=1S/C18H16N4/c1-12-8-13(2)10-15(9-12)22-18(17(11-19)20-21-22)16-7-5-4-6-14(16)3/h4-10H,1-3H3. The molecule has 0 radical (unpaired) electrons. The van der Waals surface area contributed by atoms with Gasteiger partial charge in [0.25, 0.3) is 0 Å². The number of aromatic nitrogens is 3. The molecule has 0 unspecified atom stereocenters. The molecule has 3 rings (SSSR count). The lowest BCUT2D eigenvalue weighted by atomic mass is 10.0. The maximum absolute atomic E-state index is 9.37. The first-order valence-electron chi connectivity index (χ1n) is 7.10. The molecule has 22 heavy (non-hydrogen) atoms. The minimum absolute atomic E-state index is 0.341. The summed E-state index contributed by atoms with van der Waals surface area (Å²) in [5.74, 6) is 0. The van der Waals surface area contributed by atoms with E-state index in [1.54, 1.807) is 4.68 Å². The van der Waals surface area contributed by atoms with E-state index in [0.29, 0.717) is 5.69 Å². The molecule has 0 bridgehead atoms. The molecule has 0 spiro atoms. The van der Waals surface area contributed by atoms with Crippen LogP contribution in [0.25, 0.3) is 16.9 Å². The van der Waals surface area contributed by atoms with Crippen molar-refractivity contribution in [1.29, 1.82) is 5.26 Å². The average molecular weight is 288 g/mol. The van der Waals surface area contributed by atoms with Crippen molar-refractivity contribution in [3.05, 3.63) is 64.8 Å². The van der Waals surface area contributed by atoms with E-state index in [4.69, 9.17) is 0 Å². The van der Waals surface area contributed by atoms with E-state index in [1.165, 1.54) is 0 Å². The summed E-state index contributed by atoms with van der Waals surface area (Å²) in [6.07, 6.45) is 0. The molecular weight excluding hydrogens is 272 g/mol. The highest BCUT2D eigenvalue weighted by Gasteiger charge is 2.17. The number of benzene rings is 2. The van der Waals surface area contributed by atoms with Crippen molar-refractivity contribution >= 4 is 0 Å². The van der Waals surface area contributed by atoms with E-state index in [1.807, 2.05) is 57.2 Å². The van der Waals surface area contributed by atoms with Gasteiger partial charge in [-0.2, -0.15) is 5.26 Å². The molecule has 0 aliphatic rings. The summed E-state index contributed by atoms with van der Waals surface area (Å²) in [7, 11) is 0. The molecule has 0 aliphatic carbocycles. The third-order valence-electron chi connectivity index (χ3n) is 3.63. The highest BCUT2D eigenvalue weighted by Crippen LogP contribution is 2.28. The topological polar surface area (TPSA) is 54.5 Å². The molecule has 1 heterocycles. The van der Waals surface area contributed by atoms with E-state index in [2.05, 4.69) is 22.4 Å². The summed E-state index contributed by atoms with van der Waals surface area (Å²) in [5.41, 5.74) is 6.37. The molecule has 1 aromatic heterocycles. The van der Waals surface area contributed by atoms with Crippen LogP contribution in [0.1, 0.15) is 22.4 Å². The minimum atomic E-state index is 0.341. The molecule has 0 aliphatic heterocycles. The fraction of sp³-hybridized carbons (Fsp3) is 0.167. The first-order valence-corrected chi connectivity index (χ1v) is 7.10. The smallest absolute Gasteiger partial charge is 0.191 e. The predicted octanol–water partition coefficient (Wildman–Crippen LogP) is 3.73. The highest BCUT2D eigenvalue weighted by atomic mass is 15.4. The van der Waals surface area contributed by atoms with Crippen LogP contribution in [0.5, 0.6) is 0 Å². The Labute approximate surface area is 129 Å². The lowest BCUT2D eigenvalue weighted by Gasteiger charge is -2.10. The van der Waals surface area contributed by atoms with Gasteiger partial charge in [0.15, 0.2) is 5.69 Å². The van der Waals surface area contributed by atoms with Crippen LogP contribution in [0.15, 0.2) is 42.5 Å². The number of hydrogen-bond acceptors (Lipinski definition) is 3. The van der Waals surface area contributed by atoms with Crippen LogP contribution in [0.4, 0.5) is 0 Å². The van der Waals surface area contributed by atoms with Crippen molar-refractivity contribution < 1.29 is 0 Å². The molecule has 0 atom stereocenters. The van der Waals surface area contributed by atoms with Crippen molar-refractivity contribution in [2.24, 2.45) is 0 Å². The maximum atomic E-state index is 9.37. The molecule has 0 saturated carbocycles. The Bertz CT molecular complexity index is 864. The summed E-state index contributed by atoms with van der Waals surface area (Å²) in [6.45, 7) is 6.12. The van der Waals surface area contributed by atoms with Crippen LogP contribution in [-0.4, -0.2) is 15.0 Å². The van der Waals surface area contributed by atoms with Crippen molar-refractivity contribution in [3.63, 3.8) is 0 Å². The van der Waals surface area contributed by atoms with E-state index in [0.717, 1.165) is 33.6 Å². The van der Waals surface area contributed by atoms with Crippen molar-refractivity contribution in [1.82, 2.24) is 15.0 Å². The molecule has 4 heteroatoms. The van der Waals surface area contributed by atoms with Gasteiger partial charge >= 0.3 is 0 Å². The van der Waals surface area contributed by atoms with Gasteiger partial charge in [-0.05, 0) is 49.6 Å². The van der Waals surface area contributed by atoms with Gasteiger partial charge in [-0.25, -0.2) is 4.68 Å². The molecule has 0 saturated heterocycles. The molecule has 0 N–H and O–H groups in total. The van der Waals surface area contributed by atoms with E-state index < -0.39 is 0 Å². The van der Waals surface area contributed by atoms with Crippen molar-refractivity contribution in [3.8, 4) is 23.0 Å².